The zero-order valence-electron chi connectivity index (χ0n) is 20.3. The van der Waals surface area contributed by atoms with Crippen LogP contribution >= 0.6 is 0 Å². The number of esters is 1. The van der Waals surface area contributed by atoms with Gasteiger partial charge < -0.3 is 24.3 Å². The molecule has 2 aromatic carbocycles. The van der Waals surface area contributed by atoms with E-state index < -0.39 is 59.0 Å². The van der Waals surface area contributed by atoms with Crippen molar-refractivity contribution < 1.29 is 36.6 Å². The molecule has 0 saturated heterocycles. The van der Waals surface area contributed by atoms with E-state index >= 15 is 0 Å². The Morgan fingerprint density at radius 1 is 0.974 bits per heavy atom. The number of benzene rings is 2. The largest absolute Gasteiger partial charge is 0.429 e. The summed E-state index contributed by atoms with van der Waals surface area (Å²) >= 11 is 0. The number of pyridine rings is 1. The smallest absolute Gasteiger partial charge is 0.310 e. The highest BCUT2D eigenvalue weighted by Crippen LogP contribution is 2.39. The number of rotatable bonds is 4. The molecule has 0 aliphatic carbocycles. The zero-order chi connectivity index (χ0) is 27.5. The first-order valence-corrected chi connectivity index (χ1v) is 11.6. The highest BCUT2D eigenvalue weighted by Gasteiger charge is 2.38. The molecular formula is C26H21F4N3O5. The lowest BCUT2D eigenvalue weighted by molar-refractivity contribution is -0.192. The molecule has 198 valence electrons. The number of H-pyrrole nitrogens is 2. The molecule has 8 nitrogen and oxygen atoms in total. The summed E-state index contributed by atoms with van der Waals surface area (Å²) in [5.74, 6) is -6.41. The van der Waals surface area contributed by atoms with Crippen LogP contribution in [0.5, 0.6) is 0 Å². The molecule has 5 rings (SSSR count). The third-order valence-electron chi connectivity index (χ3n) is 6.48. The Hall–Kier alpha value is -4.19. The lowest BCUT2D eigenvalue weighted by Crippen LogP contribution is -2.39. The van der Waals surface area contributed by atoms with Gasteiger partial charge in [-0.3, -0.25) is 14.4 Å². The van der Waals surface area contributed by atoms with Gasteiger partial charge in [0.05, 0.1) is 29.6 Å². The molecule has 0 saturated carbocycles. The lowest BCUT2D eigenvalue weighted by Gasteiger charge is -2.36. The maximum atomic E-state index is 14.3. The number of aromatic nitrogens is 2. The second kappa shape index (κ2) is 9.28. The molecule has 4 aromatic rings. The van der Waals surface area contributed by atoms with Crippen molar-refractivity contribution >= 4 is 33.6 Å². The van der Waals surface area contributed by atoms with Crippen molar-refractivity contribution in [3.05, 3.63) is 80.9 Å². The van der Waals surface area contributed by atoms with Crippen molar-refractivity contribution in [1.82, 2.24) is 14.9 Å². The maximum absolute atomic E-state index is 14.3. The van der Waals surface area contributed by atoms with E-state index in [0.29, 0.717) is 0 Å². The summed E-state index contributed by atoms with van der Waals surface area (Å²) in [4.78, 5) is 45.0. The Morgan fingerprint density at radius 3 is 2.29 bits per heavy atom. The normalized spacial score (nSPS) is 17.2. The minimum absolute atomic E-state index is 0.00184. The molecule has 0 bridgehead atoms. The highest BCUT2D eigenvalue weighted by molar-refractivity contribution is 5.98. The first-order chi connectivity index (χ1) is 18.0. The van der Waals surface area contributed by atoms with E-state index in [1.165, 1.54) is 18.0 Å². The van der Waals surface area contributed by atoms with Crippen molar-refractivity contribution in [3.63, 3.8) is 0 Å². The summed E-state index contributed by atoms with van der Waals surface area (Å²) in [5, 5.41) is 0.0804. The van der Waals surface area contributed by atoms with Gasteiger partial charge >= 0.3 is 5.97 Å². The summed E-state index contributed by atoms with van der Waals surface area (Å²) in [7, 11) is 1.41. The van der Waals surface area contributed by atoms with Gasteiger partial charge in [0.2, 0.25) is 6.29 Å². The number of carbonyl (C=O) groups excluding carboxylic acids is 2. The van der Waals surface area contributed by atoms with Gasteiger partial charge in [-0.05, 0) is 29.7 Å². The summed E-state index contributed by atoms with van der Waals surface area (Å²) in [6.07, 6.45) is -1.37. The molecule has 1 aliphatic heterocycles. The molecule has 0 radical (unpaired) electrons. The number of likely N-dealkylation sites (N-methyl/N-ethyl adjacent to an activating group) is 1. The van der Waals surface area contributed by atoms with Gasteiger partial charge in [0.1, 0.15) is 5.69 Å². The Kier molecular flexibility index (Phi) is 6.22. The lowest BCUT2D eigenvalue weighted by atomic mass is 9.94. The number of hydrogen-bond donors (Lipinski definition) is 2. The van der Waals surface area contributed by atoms with Crippen molar-refractivity contribution in [2.24, 2.45) is 5.92 Å². The van der Waals surface area contributed by atoms with Gasteiger partial charge in [-0.1, -0.05) is 13.8 Å². The molecule has 38 heavy (non-hydrogen) atoms. The molecule has 12 heteroatoms. The molecule has 1 aliphatic rings. The van der Waals surface area contributed by atoms with E-state index in [1.54, 1.807) is 13.8 Å². The third-order valence-corrected chi connectivity index (χ3v) is 6.48. The van der Waals surface area contributed by atoms with Crippen LogP contribution in [0.15, 0.2) is 35.1 Å². The number of fused-ring (bicyclic) bond motifs is 4. The van der Waals surface area contributed by atoms with Crippen LogP contribution in [0.25, 0.3) is 21.7 Å². The van der Waals surface area contributed by atoms with Crippen molar-refractivity contribution in [2.45, 2.75) is 26.2 Å². The summed E-state index contributed by atoms with van der Waals surface area (Å²) in [6, 6.07) is 3.83. The van der Waals surface area contributed by atoms with E-state index in [-0.39, 0.29) is 45.2 Å². The fourth-order valence-corrected chi connectivity index (χ4v) is 4.46. The van der Waals surface area contributed by atoms with Crippen molar-refractivity contribution in [1.29, 1.82) is 0 Å². The monoisotopic (exact) mass is 531 g/mol. The fraction of sp³-hybridized carbons (Fsp3) is 0.269. The number of ether oxygens (including phenoxy) is 2. The highest BCUT2D eigenvalue weighted by atomic mass is 19.2. The van der Waals surface area contributed by atoms with Crippen LogP contribution in [0, 0.1) is 29.2 Å². The van der Waals surface area contributed by atoms with E-state index in [9.17, 15) is 31.9 Å². The van der Waals surface area contributed by atoms with E-state index in [0.717, 1.165) is 24.3 Å². The minimum Gasteiger partial charge on any atom is -0.429 e. The molecular weight excluding hydrogens is 510 g/mol. The number of hydrogen-bond acceptors (Lipinski definition) is 5. The third kappa shape index (κ3) is 4.20. The Morgan fingerprint density at radius 2 is 1.61 bits per heavy atom. The standard InChI is InChI=1S/C26H21F4N3O5/c1-10(2)25(36)38-26-22-21(12-6-15(28)16(29)7-13(12)23(34)32-22)20(9-37-26)33(3)24(35)19-5-11-4-14(27)17(30)8-18(11)31-19/h4-8,10,20,26,31H,9H2,1-3H3,(H,32,34)/t20-,26+/m1/s1. The molecule has 2 N–H and O–H groups in total. The van der Waals surface area contributed by atoms with Gasteiger partial charge in [-0.25, -0.2) is 17.6 Å². The van der Waals surface area contributed by atoms with Gasteiger partial charge in [0, 0.05) is 29.6 Å². The molecule has 0 unspecified atom stereocenters. The minimum atomic E-state index is -1.37. The summed E-state index contributed by atoms with van der Waals surface area (Å²) in [5.41, 5.74) is -0.432. The Balaban J connectivity index is 1.63. The van der Waals surface area contributed by atoms with Gasteiger partial charge in [0.25, 0.3) is 11.5 Å². The van der Waals surface area contributed by atoms with E-state index in [2.05, 4.69) is 9.97 Å². The average molecular weight is 531 g/mol. The SMILES string of the molecule is CC(C)C(=O)O[C@@H]1OC[C@@H](N(C)C(=O)c2cc3cc(F)c(F)cc3[nH]2)c2c1[nH]c(=O)c1cc(F)c(F)cc21. The van der Waals surface area contributed by atoms with Crippen LogP contribution in [-0.4, -0.2) is 40.4 Å². The predicted molar refractivity (Wildman–Crippen MR) is 127 cm³/mol. The quantitative estimate of drug-likeness (QED) is 0.296. The van der Waals surface area contributed by atoms with Crippen LogP contribution in [-0.2, 0) is 14.3 Å². The van der Waals surface area contributed by atoms with Crippen LogP contribution in [0.3, 0.4) is 0 Å². The molecule has 0 fully saturated rings. The number of nitrogens with zero attached hydrogens (tertiary/aromatic N) is 1. The maximum Gasteiger partial charge on any atom is 0.310 e. The van der Waals surface area contributed by atoms with Gasteiger partial charge in [-0.15, -0.1) is 0 Å². The topological polar surface area (TPSA) is 104 Å². The Labute approximate surface area is 212 Å². The number of carbonyl (C=O) groups is 2. The van der Waals surface area contributed by atoms with Gasteiger partial charge in [-0.2, -0.15) is 0 Å². The summed E-state index contributed by atoms with van der Waals surface area (Å²) < 4.78 is 66.8. The second-order valence-electron chi connectivity index (χ2n) is 9.32. The van der Waals surface area contributed by atoms with E-state index in [1.807, 2.05) is 0 Å². The molecule has 1 amide bonds. The molecule has 2 atom stereocenters. The number of aromatic amines is 2. The van der Waals surface area contributed by atoms with Crippen LogP contribution in [0.1, 0.15) is 47.9 Å². The first-order valence-electron chi connectivity index (χ1n) is 11.6. The second-order valence-corrected chi connectivity index (χ2v) is 9.32. The first kappa shape index (κ1) is 25.5. The average Bonchev–Trinajstić information content (AvgIpc) is 3.27. The molecule has 2 aromatic heterocycles. The zero-order valence-corrected chi connectivity index (χ0v) is 20.3. The van der Waals surface area contributed by atoms with Crippen molar-refractivity contribution in [3.8, 4) is 0 Å². The Bertz CT molecular complexity index is 1640. The van der Waals surface area contributed by atoms with Crippen LogP contribution < -0.4 is 5.56 Å². The van der Waals surface area contributed by atoms with Crippen molar-refractivity contribution in [2.75, 3.05) is 13.7 Å². The number of halogens is 4. The van der Waals surface area contributed by atoms with Gasteiger partial charge in [0.15, 0.2) is 23.3 Å². The summed E-state index contributed by atoms with van der Waals surface area (Å²) in [6.45, 7) is 2.95. The van der Waals surface area contributed by atoms with E-state index in [4.69, 9.17) is 9.47 Å². The predicted octanol–water partition coefficient (Wildman–Crippen LogP) is 4.61. The molecule has 0 spiro atoms. The number of amides is 1. The van der Waals surface area contributed by atoms with Crippen LogP contribution in [0.2, 0.25) is 0 Å². The molecule has 3 heterocycles. The number of nitrogens with one attached hydrogen (secondary N) is 2. The fourth-order valence-electron chi connectivity index (χ4n) is 4.46. The van der Waals surface area contributed by atoms with Crippen LogP contribution in [0.4, 0.5) is 17.6 Å².